The summed E-state index contributed by atoms with van der Waals surface area (Å²) in [5.41, 5.74) is 5.76. The highest BCUT2D eigenvalue weighted by atomic mass is 32.2. The van der Waals surface area contributed by atoms with Gasteiger partial charge in [-0.05, 0) is 86.4 Å². The van der Waals surface area contributed by atoms with Gasteiger partial charge in [-0.15, -0.1) is 0 Å². The van der Waals surface area contributed by atoms with Gasteiger partial charge in [-0.1, -0.05) is 36.4 Å². The van der Waals surface area contributed by atoms with Crippen molar-refractivity contribution in [1.29, 1.82) is 0 Å². The first-order valence-electron chi connectivity index (χ1n) is 13.8. The van der Waals surface area contributed by atoms with Gasteiger partial charge in [0.1, 0.15) is 0 Å². The molecule has 0 spiro atoms. The maximum atomic E-state index is 12.8. The van der Waals surface area contributed by atoms with Crippen molar-refractivity contribution in [2.24, 2.45) is 13.0 Å². The van der Waals surface area contributed by atoms with Crippen molar-refractivity contribution in [2.75, 3.05) is 36.8 Å². The van der Waals surface area contributed by atoms with E-state index in [9.17, 15) is 8.42 Å². The molecule has 37 heavy (non-hydrogen) atoms. The standard InChI is InChI=1S/C30H38N4O2S/c1-32-20-30(31-22-32)37(35,36)21-24-12-16-33(17-13-24)26-10-8-25-9-11-29(34-14-5-15-34)28(27(25)19-26)18-23-6-3-2-4-7-23/h2-4,6-8,10,19-20,22,24,28-29H,5,9,11-18,21H2,1H3/t28-,29+/m1/s1. The van der Waals surface area contributed by atoms with E-state index in [1.165, 1.54) is 48.3 Å². The van der Waals surface area contributed by atoms with Crippen molar-refractivity contribution in [1.82, 2.24) is 14.5 Å². The number of likely N-dealkylation sites (tertiary alicyclic amines) is 1. The van der Waals surface area contributed by atoms with Crippen LogP contribution in [-0.2, 0) is 29.7 Å². The van der Waals surface area contributed by atoms with Crippen LogP contribution < -0.4 is 4.90 Å². The molecule has 0 radical (unpaired) electrons. The van der Waals surface area contributed by atoms with Crippen LogP contribution in [0.1, 0.15) is 48.3 Å². The zero-order valence-electron chi connectivity index (χ0n) is 21.8. The predicted octanol–water partition coefficient (Wildman–Crippen LogP) is 4.46. The highest BCUT2D eigenvalue weighted by Crippen LogP contribution is 2.40. The van der Waals surface area contributed by atoms with Gasteiger partial charge in [0, 0.05) is 44.0 Å². The summed E-state index contributed by atoms with van der Waals surface area (Å²) in [5.74, 6) is 0.897. The third-order valence-corrected chi connectivity index (χ3v) is 10.6. The normalized spacial score (nSPS) is 23.0. The number of fused-ring (bicyclic) bond motifs is 1. The van der Waals surface area contributed by atoms with Gasteiger partial charge in [0.05, 0.1) is 12.1 Å². The Hall–Kier alpha value is -2.64. The Morgan fingerprint density at radius 3 is 2.43 bits per heavy atom. The highest BCUT2D eigenvalue weighted by molar-refractivity contribution is 7.91. The number of benzene rings is 2. The highest BCUT2D eigenvalue weighted by Gasteiger charge is 2.36. The molecule has 2 aromatic carbocycles. The summed E-state index contributed by atoms with van der Waals surface area (Å²) in [6.45, 7) is 4.28. The van der Waals surface area contributed by atoms with Crippen molar-refractivity contribution in [3.8, 4) is 0 Å². The van der Waals surface area contributed by atoms with Crippen LogP contribution in [0.25, 0.3) is 0 Å². The number of piperidine rings is 1. The lowest BCUT2D eigenvalue weighted by Gasteiger charge is -2.46. The van der Waals surface area contributed by atoms with E-state index in [1.807, 2.05) is 0 Å². The maximum absolute atomic E-state index is 12.8. The van der Waals surface area contributed by atoms with Crippen LogP contribution in [0.15, 0.2) is 66.1 Å². The number of aryl methyl sites for hydroxylation is 2. The van der Waals surface area contributed by atoms with Gasteiger partial charge in [0.25, 0.3) is 0 Å². The molecule has 6 rings (SSSR count). The molecular formula is C30H38N4O2S. The minimum Gasteiger partial charge on any atom is -0.372 e. The average molecular weight is 519 g/mol. The minimum atomic E-state index is -3.34. The summed E-state index contributed by atoms with van der Waals surface area (Å²) in [6, 6.07) is 18.7. The Balaban J connectivity index is 1.18. The van der Waals surface area contributed by atoms with E-state index in [0.29, 0.717) is 12.0 Å². The summed E-state index contributed by atoms with van der Waals surface area (Å²) in [4.78, 5) is 9.26. The van der Waals surface area contributed by atoms with E-state index in [4.69, 9.17) is 0 Å². The van der Waals surface area contributed by atoms with E-state index in [1.54, 1.807) is 24.1 Å². The van der Waals surface area contributed by atoms with Crippen molar-refractivity contribution in [3.05, 3.63) is 77.7 Å². The van der Waals surface area contributed by atoms with Gasteiger partial charge in [-0.2, -0.15) is 0 Å². The van der Waals surface area contributed by atoms with Crippen LogP contribution in [-0.4, -0.2) is 60.8 Å². The smallest absolute Gasteiger partial charge is 0.197 e. The van der Waals surface area contributed by atoms with Gasteiger partial charge in [0.2, 0.25) is 0 Å². The molecule has 2 aliphatic heterocycles. The van der Waals surface area contributed by atoms with Crippen LogP contribution in [0.3, 0.4) is 0 Å². The summed E-state index contributed by atoms with van der Waals surface area (Å²) < 4.78 is 27.4. The molecule has 1 aromatic heterocycles. The van der Waals surface area contributed by atoms with Crippen LogP contribution in [0.5, 0.6) is 0 Å². The van der Waals surface area contributed by atoms with E-state index >= 15 is 0 Å². The Morgan fingerprint density at radius 2 is 1.76 bits per heavy atom. The van der Waals surface area contributed by atoms with Gasteiger partial charge in [-0.25, -0.2) is 13.4 Å². The SMILES string of the molecule is Cn1cnc(S(=O)(=O)CC2CCN(c3ccc4c(c3)[C@@H](Cc3ccccc3)[C@@H](N3CCC3)CC4)CC2)c1. The molecule has 7 heteroatoms. The number of anilines is 1. The Kier molecular flexibility index (Phi) is 6.84. The second-order valence-corrected chi connectivity index (χ2v) is 13.2. The van der Waals surface area contributed by atoms with Crippen LogP contribution in [0.4, 0.5) is 5.69 Å². The number of imidazole rings is 1. The molecule has 0 N–H and O–H groups in total. The lowest BCUT2D eigenvalue weighted by Crippen LogP contribution is -2.50. The van der Waals surface area contributed by atoms with Gasteiger partial charge in [0.15, 0.2) is 14.9 Å². The first kappa shape index (κ1) is 24.7. The molecule has 0 unspecified atom stereocenters. The molecule has 6 nitrogen and oxygen atoms in total. The first-order valence-corrected chi connectivity index (χ1v) is 15.5. The predicted molar refractivity (Wildman–Crippen MR) is 148 cm³/mol. The summed E-state index contributed by atoms with van der Waals surface area (Å²) in [6.07, 6.45) is 9.79. The largest absolute Gasteiger partial charge is 0.372 e. The molecule has 0 saturated carbocycles. The molecule has 0 amide bonds. The zero-order valence-corrected chi connectivity index (χ0v) is 22.6. The molecular weight excluding hydrogens is 480 g/mol. The second-order valence-electron chi connectivity index (χ2n) is 11.3. The molecule has 2 saturated heterocycles. The molecule has 3 aliphatic rings. The summed E-state index contributed by atoms with van der Waals surface area (Å²) in [7, 11) is -1.53. The van der Waals surface area contributed by atoms with Crippen LogP contribution >= 0.6 is 0 Å². The molecule has 3 aromatic rings. The van der Waals surface area contributed by atoms with E-state index in [2.05, 4.69) is 63.3 Å². The number of rotatable bonds is 7. The quantitative estimate of drug-likeness (QED) is 0.462. The lowest BCUT2D eigenvalue weighted by atomic mass is 9.74. The number of nitrogens with zero attached hydrogens (tertiary/aromatic N) is 4. The number of sulfone groups is 1. The number of hydrogen-bond donors (Lipinski definition) is 0. The van der Waals surface area contributed by atoms with Crippen molar-refractivity contribution in [2.45, 2.75) is 55.5 Å². The second kappa shape index (κ2) is 10.3. The fourth-order valence-electron chi connectivity index (χ4n) is 6.59. The fourth-order valence-corrected chi connectivity index (χ4v) is 8.25. The van der Waals surface area contributed by atoms with Crippen molar-refractivity contribution in [3.63, 3.8) is 0 Å². The lowest BCUT2D eigenvalue weighted by molar-refractivity contribution is 0.0877. The maximum Gasteiger partial charge on any atom is 0.197 e. The topological polar surface area (TPSA) is 58.4 Å². The first-order chi connectivity index (χ1) is 18.0. The Bertz CT molecular complexity index is 1320. The average Bonchev–Trinajstić information content (AvgIpc) is 3.32. The summed E-state index contributed by atoms with van der Waals surface area (Å²) >= 11 is 0. The zero-order chi connectivity index (χ0) is 25.4. The van der Waals surface area contributed by atoms with Crippen LogP contribution in [0.2, 0.25) is 0 Å². The minimum absolute atomic E-state index is 0.183. The van der Waals surface area contributed by atoms with E-state index < -0.39 is 9.84 Å². The van der Waals surface area contributed by atoms with Gasteiger partial charge in [-0.3, -0.25) is 4.90 Å². The third-order valence-electron chi connectivity index (χ3n) is 8.80. The Morgan fingerprint density at radius 1 is 0.973 bits per heavy atom. The third kappa shape index (κ3) is 5.21. The van der Waals surface area contributed by atoms with E-state index in [-0.39, 0.29) is 16.7 Å². The molecule has 2 atom stereocenters. The molecule has 3 heterocycles. The molecule has 1 aliphatic carbocycles. The molecule has 2 fully saturated rings. The molecule has 196 valence electrons. The summed E-state index contributed by atoms with van der Waals surface area (Å²) in [5, 5.41) is 0.202. The van der Waals surface area contributed by atoms with Crippen molar-refractivity contribution >= 4 is 15.5 Å². The van der Waals surface area contributed by atoms with E-state index in [0.717, 1.165) is 38.8 Å². The van der Waals surface area contributed by atoms with Gasteiger partial charge >= 0.3 is 0 Å². The molecule has 0 bridgehead atoms. The fraction of sp³-hybridized carbons (Fsp3) is 0.500. The monoisotopic (exact) mass is 518 g/mol. The number of hydrogen-bond acceptors (Lipinski definition) is 5. The van der Waals surface area contributed by atoms with Crippen molar-refractivity contribution < 1.29 is 8.42 Å². The number of aromatic nitrogens is 2. The van der Waals surface area contributed by atoms with Crippen LogP contribution in [0, 0.1) is 5.92 Å². The van der Waals surface area contributed by atoms with Gasteiger partial charge < -0.3 is 9.47 Å². The Labute approximate surface area is 221 Å².